The minimum absolute atomic E-state index is 0.0995. The molecule has 0 bridgehead atoms. The van der Waals surface area contributed by atoms with Gasteiger partial charge in [0.05, 0.1) is 18.3 Å². The Morgan fingerprint density at radius 2 is 2.00 bits per heavy atom. The second kappa shape index (κ2) is 6.67. The van der Waals surface area contributed by atoms with Crippen molar-refractivity contribution < 1.29 is 4.79 Å². The number of hydrogen-bond acceptors (Lipinski definition) is 2. The molecule has 0 atom stereocenters. The number of rotatable bonds is 4. The summed E-state index contributed by atoms with van der Waals surface area (Å²) in [5.74, 6) is -0.0995. The third kappa shape index (κ3) is 3.79. The molecule has 0 unspecified atom stereocenters. The SMILES string of the molecule is Cc1ccc(NC(=O)Cc2cnn(-c3ccccc3)c2)cc1Cl. The lowest BCUT2D eigenvalue weighted by molar-refractivity contribution is -0.115. The summed E-state index contributed by atoms with van der Waals surface area (Å²) in [6.45, 7) is 1.92. The van der Waals surface area contributed by atoms with Crippen LogP contribution < -0.4 is 5.32 Å². The molecule has 0 spiro atoms. The fraction of sp³-hybridized carbons (Fsp3) is 0.111. The first-order valence-corrected chi connectivity index (χ1v) is 7.64. The number of hydrogen-bond donors (Lipinski definition) is 1. The quantitative estimate of drug-likeness (QED) is 0.787. The van der Waals surface area contributed by atoms with E-state index < -0.39 is 0 Å². The molecular formula is C18H16ClN3O. The highest BCUT2D eigenvalue weighted by Gasteiger charge is 2.08. The van der Waals surface area contributed by atoms with Crippen molar-refractivity contribution in [1.29, 1.82) is 0 Å². The Labute approximate surface area is 139 Å². The van der Waals surface area contributed by atoms with Crippen LogP contribution in [0.4, 0.5) is 5.69 Å². The highest BCUT2D eigenvalue weighted by atomic mass is 35.5. The van der Waals surface area contributed by atoms with Crippen LogP contribution in [0.25, 0.3) is 5.69 Å². The summed E-state index contributed by atoms with van der Waals surface area (Å²) < 4.78 is 1.76. The summed E-state index contributed by atoms with van der Waals surface area (Å²) >= 11 is 6.06. The zero-order valence-corrected chi connectivity index (χ0v) is 13.4. The van der Waals surface area contributed by atoms with Crippen LogP contribution in [0.2, 0.25) is 5.02 Å². The molecule has 3 aromatic rings. The van der Waals surface area contributed by atoms with E-state index in [9.17, 15) is 4.79 Å². The number of anilines is 1. The summed E-state index contributed by atoms with van der Waals surface area (Å²) in [6.07, 6.45) is 3.82. The van der Waals surface area contributed by atoms with E-state index in [4.69, 9.17) is 11.6 Å². The van der Waals surface area contributed by atoms with Gasteiger partial charge in [-0.2, -0.15) is 5.10 Å². The van der Waals surface area contributed by atoms with E-state index in [1.54, 1.807) is 16.9 Å². The van der Waals surface area contributed by atoms with Gasteiger partial charge in [0.2, 0.25) is 5.91 Å². The Balaban J connectivity index is 1.66. The molecular weight excluding hydrogens is 310 g/mol. The molecule has 3 rings (SSSR count). The molecule has 5 heteroatoms. The molecule has 0 saturated carbocycles. The predicted molar refractivity (Wildman–Crippen MR) is 92.1 cm³/mol. The number of carbonyl (C=O) groups excluding carboxylic acids is 1. The monoisotopic (exact) mass is 325 g/mol. The first kappa shape index (κ1) is 15.3. The minimum atomic E-state index is -0.0995. The van der Waals surface area contributed by atoms with Gasteiger partial charge in [-0.3, -0.25) is 4.79 Å². The lowest BCUT2D eigenvalue weighted by Crippen LogP contribution is -2.14. The lowest BCUT2D eigenvalue weighted by atomic mass is 10.2. The zero-order valence-electron chi connectivity index (χ0n) is 12.7. The molecule has 2 aromatic carbocycles. The normalized spacial score (nSPS) is 10.5. The van der Waals surface area contributed by atoms with Crippen molar-refractivity contribution in [2.24, 2.45) is 0 Å². The smallest absolute Gasteiger partial charge is 0.228 e. The van der Waals surface area contributed by atoms with Gasteiger partial charge in [-0.1, -0.05) is 35.9 Å². The number of aromatic nitrogens is 2. The summed E-state index contributed by atoms with van der Waals surface area (Å²) in [5.41, 5.74) is 3.49. The van der Waals surface area contributed by atoms with Crippen LogP contribution in [-0.2, 0) is 11.2 Å². The summed E-state index contributed by atoms with van der Waals surface area (Å²) in [4.78, 5) is 12.1. The van der Waals surface area contributed by atoms with Crippen LogP contribution in [0, 0.1) is 6.92 Å². The van der Waals surface area contributed by atoms with Gasteiger partial charge in [0.1, 0.15) is 0 Å². The van der Waals surface area contributed by atoms with Crippen molar-refractivity contribution >= 4 is 23.2 Å². The molecule has 23 heavy (non-hydrogen) atoms. The first-order valence-electron chi connectivity index (χ1n) is 7.27. The van der Waals surface area contributed by atoms with Crippen molar-refractivity contribution in [3.63, 3.8) is 0 Å². The first-order chi connectivity index (χ1) is 11.1. The van der Waals surface area contributed by atoms with Crippen LogP contribution in [0.15, 0.2) is 60.9 Å². The van der Waals surface area contributed by atoms with Gasteiger partial charge in [0.25, 0.3) is 0 Å². The van der Waals surface area contributed by atoms with Crippen molar-refractivity contribution in [2.75, 3.05) is 5.32 Å². The average molecular weight is 326 g/mol. The molecule has 0 fully saturated rings. The maximum Gasteiger partial charge on any atom is 0.228 e. The van der Waals surface area contributed by atoms with Crippen molar-refractivity contribution in [3.8, 4) is 5.69 Å². The Morgan fingerprint density at radius 1 is 1.22 bits per heavy atom. The molecule has 1 amide bonds. The van der Waals surface area contributed by atoms with Crippen LogP contribution in [-0.4, -0.2) is 15.7 Å². The van der Waals surface area contributed by atoms with Crippen LogP contribution in [0.3, 0.4) is 0 Å². The van der Waals surface area contributed by atoms with Gasteiger partial charge < -0.3 is 5.32 Å². The number of benzene rings is 2. The van der Waals surface area contributed by atoms with Crippen LogP contribution >= 0.6 is 11.6 Å². The summed E-state index contributed by atoms with van der Waals surface area (Å²) in [7, 11) is 0. The Bertz CT molecular complexity index is 827. The minimum Gasteiger partial charge on any atom is -0.326 e. The van der Waals surface area contributed by atoms with Gasteiger partial charge in [0, 0.05) is 16.9 Å². The van der Waals surface area contributed by atoms with E-state index >= 15 is 0 Å². The summed E-state index contributed by atoms with van der Waals surface area (Å²) in [6, 6.07) is 15.2. The molecule has 0 aliphatic rings. The van der Waals surface area contributed by atoms with E-state index in [0.29, 0.717) is 10.7 Å². The molecule has 0 radical (unpaired) electrons. The van der Waals surface area contributed by atoms with Crippen LogP contribution in [0.1, 0.15) is 11.1 Å². The number of para-hydroxylation sites is 1. The highest BCUT2D eigenvalue weighted by Crippen LogP contribution is 2.20. The molecule has 1 aromatic heterocycles. The predicted octanol–water partition coefficient (Wildman–Crippen LogP) is 4.02. The van der Waals surface area contributed by atoms with E-state index in [1.165, 1.54) is 0 Å². The third-order valence-corrected chi connectivity index (χ3v) is 3.88. The third-order valence-electron chi connectivity index (χ3n) is 3.48. The van der Waals surface area contributed by atoms with Gasteiger partial charge in [-0.25, -0.2) is 4.68 Å². The number of halogens is 1. The maximum absolute atomic E-state index is 12.1. The topological polar surface area (TPSA) is 46.9 Å². The molecule has 0 saturated heterocycles. The van der Waals surface area contributed by atoms with Crippen LogP contribution in [0.5, 0.6) is 0 Å². The molecule has 116 valence electrons. The molecule has 0 aliphatic carbocycles. The molecule has 1 heterocycles. The van der Waals surface area contributed by atoms with Gasteiger partial charge in [0.15, 0.2) is 0 Å². The number of nitrogens with one attached hydrogen (secondary N) is 1. The maximum atomic E-state index is 12.1. The van der Waals surface area contributed by atoms with E-state index in [2.05, 4.69) is 10.4 Å². The van der Waals surface area contributed by atoms with Crippen molar-refractivity contribution in [1.82, 2.24) is 9.78 Å². The lowest BCUT2D eigenvalue weighted by Gasteiger charge is -2.06. The number of amides is 1. The number of aryl methyl sites for hydroxylation is 1. The largest absolute Gasteiger partial charge is 0.326 e. The Hall–Kier alpha value is -2.59. The average Bonchev–Trinajstić information content (AvgIpc) is 3.00. The molecule has 0 aliphatic heterocycles. The van der Waals surface area contributed by atoms with Crippen molar-refractivity contribution in [3.05, 3.63) is 77.1 Å². The molecule has 1 N–H and O–H groups in total. The second-order valence-corrected chi connectivity index (χ2v) is 5.72. The summed E-state index contributed by atoms with van der Waals surface area (Å²) in [5, 5.41) is 7.77. The number of carbonyl (C=O) groups is 1. The molecule has 4 nitrogen and oxygen atoms in total. The Morgan fingerprint density at radius 3 is 2.74 bits per heavy atom. The zero-order chi connectivity index (χ0) is 16.2. The van der Waals surface area contributed by atoms with Gasteiger partial charge >= 0.3 is 0 Å². The van der Waals surface area contributed by atoms with E-state index in [-0.39, 0.29) is 12.3 Å². The fourth-order valence-corrected chi connectivity index (χ4v) is 2.42. The van der Waals surface area contributed by atoms with E-state index in [0.717, 1.165) is 16.8 Å². The van der Waals surface area contributed by atoms with Crippen molar-refractivity contribution in [2.45, 2.75) is 13.3 Å². The van der Waals surface area contributed by atoms with Gasteiger partial charge in [-0.15, -0.1) is 0 Å². The Kier molecular flexibility index (Phi) is 4.44. The second-order valence-electron chi connectivity index (χ2n) is 5.32. The highest BCUT2D eigenvalue weighted by molar-refractivity contribution is 6.31. The fourth-order valence-electron chi connectivity index (χ4n) is 2.23. The van der Waals surface area contributed by atoms with Gasteiger partial charge in [-0.05, 0) is 42.3 Å². The number of nitrogens with zero attached hydrogens (tertiary/aromatic N) is 2. The van der Waals surface area contributed by atoms with E-state index in [1.807, 2.05) is 55.6 Å². The standard InChI is InChI=1S/C18H16ClN3O/c1-13-7-8-15(10-17(13)19)21-18(23)9-14-11-20-22(12-14)16-5-3-2-4-6-16/h2-8,10-12H,9H2,1H3,(H,21,23).